The van der Waals surface area contributed by atoms with E-state index in [1.807, 2.05) is 0 Å². The quantitative estimate of drug-likeness (QED) is 0.421. The second-order valence-electron chi connectivity index (χ2n) is 6.26. The highest BCUT2D eigenvalue weighted by Crippen LogP contribution is 2.31. The number of amides is 2. The smallest absolute Gasteiger partial charge is 0.409 e. The highest BCUT2D eigenvalue weighted by molar-refractivity contribution is 7.89. The number of rotatable bonds is 7. The third-order valence-electron chi connectivity index (χ3n) is 3.75. The third-order valence-corrected chi connectivity index (χ3v) is 6.51. The Kier molecular flexibility index (Phi) is 9.30. The van der Waals surface area contributed by atoms with Crippen molar-refractivity contribution < 1.29 is 22.7 Å². The molecule has 32 heavy (non-hydrogen) atoms. The van der Waals surface area contributed by atoms with Crippen molar-refractivity contribution in [2.24, 2.45) is 0 Å². The molecule has 0 radical (unpaired) electrons. The molecule has 0 saturated heterocycles. The molecule has 2 rings (SSSR count). The molecule has 0 aromatic heterocycles. The molecule has 0 spiro atoms. The summed E-state index contributed by atoms with van der Waals surface area (Å²) in [6.07, 6.45) is -1.04. The van der Waals surface area contributed by atoms with Crippen LogP contribution in [0.3, 0.4) is 0 Å². The van der Waals surface area contributed by atoms with Crippen molar-refractivity contribution in [2.75, 3.05) is 11.9 Å². The molecule has 3 N–H and O–H groups in total. The second-order valence-corrected chi connectivity index (χ2v) is 11.2. The SMILES string of the molecule is CC(=O)Nc1ccc(S(=O)(=O)NC[C@@H](NC(=O)Oc2ccc(Cl)cc2Cl)C(Cl)(Cl)Cl)cc1. The number of carbonyl (C=O) groups is 2. The van der Waals surface area contributed by atoms with E-state index in [0.29, 0.717) is 10.7 Å². The lowest BCUT2D eigenvalue weighted by Crippen LogP contribution is -2.51. The number of hydrogen-bond acceptors (Lipinski definition) is 5. The molecule has 2 aromatic carbocycles. The standard InChI is InChI=1S/C18H16Cl5N3O5S/c1-10(27)25-12-3-5-13(6-4-12)32(29,30)24-9-16(18(21,22)23)26-17(28)31-15-7-2-11(19)8-14(15)20/h2-8,16,24H,9H2,1H3,(H,25,27)(H,26,28)/t16-/m1/s1. The molecule has 8 nitrogen and oxygen atoms in total. The molecule has 0 aliphatic carbocycles. The first-order valence-corrected chi connectivity index (χ1v) is 12.0. The van der Waals surface area contributed by atoms with Gasteiger partial charge in [-0.25, -0.2) is 17.9 Å². The van der Waals surface area contributed by atoms with Crippen LogP contribution >= 0.6 is 58.0 Å². The van der Waals surface area contributed by atoms with Crippen molar-refractivity contribution in [1.29, 1.82) is 0 Å². The van der Waals surface area contributed by atoms with Crippen molar-refractivity contribution in [3.05, 3.63) is 52.5 Å². The van der Waals surface area contributed by atoms with Crippen molar-refractivity contribution in [2.45, 2.75) is 21.7 Å². The van der Waals surface area contributed by atoms with E-state index in [2.05, 4.69) is 15.4 Å². The van der Waals surface area contributed by atoms with Gasteiger partial charge in [0.15, 0.2) is 5.75 Å². The number of anilines is 1. The number of carbonyl (C=O) groups excluding carboxylic acids is 2. The molecule has 0 unspecified atom stereocenters. The largest absolute Gasteiger partial charge is 0.413 e. The molecule has 14 heteroatoms. The Labute approximate surface area is 209 Å². The topological polar surface area (TPSA) is 114 Å². The van der Waals surface area contributed by atoms with Gasteiger partial charge in [0.2, 0.25) is 19.7 Å². The maximum Gasteiger partial charge on any atom is 0.413 e. The Bertz CT molecular complexity index is 1090. The molecule has 0 aliphatic heterocycles. The Morgan fingerprint density at radius 1 is 1.06 bits per heavy atom. The number of sulfonamides is 1. The van der Waals surface area contributed by atoms with Gasteiger partial charge < -0.3 is 15.4 Å². The summed E-state index contributed by atoms with van der Waals surface area (Å²) < 4.78 is 30.3. The molecule has 2 amide bonds. The van der Waals surface area contributed by atoms with E-state index in [4.69, 9.17) is 62.7 Å². The molecular weight excluding hydrogens is 548 g/mol. The van der Waals surface area contributed by atoms with Gasteiger partial charge in [0.25, 0.3) is 0 Å². The minimum absolute atomic E-state index is 0.00326. The van der Waals surface area contributed by atoms with Gasteiger partial charge in [-0.05, 0) is 42.5 Å². The van der Waals surface area contributed by atoms with E-state index in [0.717, 1.165) is 0 Å². The van der Waals surface area contributed by atoms with Crippen molar-refractivity contribution in [3.8, 4) is 5.75 Å². The monoisotopic (exact) mass is 561 g/mol. The fourth-order valence-corrected chi connectivity index (χ4v) is 4.16. The van der Waals surface area contributed by atoms with E-state index in [-0.39, 0.29) is 21.6 Å². The zero-order valence-corrected chi connectivity index (χ0v) is 20.8. The first-order valence-electron chi connectivity index (χ1n) is 8.65. The first kappa shape index (κ1) is 26.8. The molecule has 2 aromatic rings. The average molecular weight is 564 g/mol. The number of halogens is 5. The molecular formula is C18H16Cl5N3O5S. The highest BCUT2D eigenvalue weighted by atomic mass is 35.6. The average Bonchev–Trinajstić information content (AvgIpc) is 2.66. The molecule has 0 saturated carbocycles. The zero-order valence-electron chi connectivity index (χ0n) is 16.2. The number of benzene rings is 2. The Morgan fingerprint density at radius 2 is 1.69 bits per heavy atom. The lowest BCUT2D eigenvalue weighted by molar-refractivity contribution is -0.114. The van der Waals surface area contributed by atoms with E-state index < -0.39 is 32.5 Å². The lowest BCUT2D eigenvalue weighted by Gasteiger charge is -2.25. The van der Waals surface area contributed by atoms with Crippen LogP contribution in [0.2, 0.25) is 10.0 Å². The second kappa shape index (κ2) is 11.1. The maximum absolute atomic E-state index is 12.5. The van der Waals surface area contributed by atoms with Crippen LogP contribution in [0.25, 0.3) is 0 Å². The fourth-order valence-electron chi connectivity index (χ4n) is 2.28. The summed E-state index contributed by atoms with van der Waals surface area (Å²) in [4.78, 5) is 23.2. The summed E-state index contributed by atoms with van der Waals surface area (Å²) >= 11 is 29.4. The third kappa shape index (κ3) is 8.15. The maximum atomic E-state index is 12.5. The Morgan fingerprint density at radius 3 is 2.22 bits per heavy atom. The number of alkyl halides is 3. The van der Waals surface area contributed by atoms with Gasteiger partial charge in [-0.2, -0.15) is 0 Å². The fraction of sp³-hybridized carbons (Fsp3) is 0.222. The number of hydrogen-bond donors (Lipinski definition) is 3. The molecule has 174 valence electrons. The van der Waals surface area contributed by atoms with Crippen molar-refractivity contribution in [1.82, 2.24) is 10.0 Å². The zero-order chi connectivity index (χ0) is 24.1. The predicted molar refractivity (Wildman–Crippen MR) is 126 cm³/mol. The van der Waals surface area contributed by atoms with Crippen LogP contribution in [0.1, 0.15) is 6.92 Å². The van der Waals surface area contributed by atoms with Crippen LogP contribution in [0.15, 0.2) is 47.4 Å². The van der Waals surface area contributed by atoms with E-state index in [9.17, 15) is 18.0 Å². The van der Waals surface area contributed by atoms with E-state index in [1.165, 1.54) is 49.4 Å². The Hall–Kier alpha value is -1.46. The van der Waals surface area contributed by atoms with Gasteiger partial charge in [-0.1, -0.05) is 58.0 Å². The normalized spacial score (nSPS) is 12.7. The summed E-state index contributed by atoms with van der Waals surface area (Å²) in [5.41, 5.74) is 0.417. The van der Waals surface area contributed by atoms with Gasteiger partial charge in [0.05, 0.1) is 16.0 Å². The highest BCUT2D eigenvalue weighted by Gasteiger charge is 2.35. The molecule has 0 fully saturated rings. The summed E-state index contributed by atoms with van der Waals surface area (Å²) in [6, 6.07) is 8.25. The minimum atomic E-state index is -4.03. The van der Waals surface area contributed by atoms with Gasteiger partial charge in [0, 0.05) is 24.2 Å². The van der Waals surface area contributed by atoms with Crippen LogP contribution in [0.5, 0.6) is 5.75 Å². The Balaban J connectivity index is 2.07. The number of nitrogens with one attached hydrogen (secondary N) is 3. The predicted octanol–water partition coefficient (Wildman–Crippen LogP) is 4.76. The lowest BCUT2D eigenvalue weighted by atomic mass is 10.3. The number of ether oxygens (including phenoxy) is 1. The van der Waals surface area contributed by atoms with Crippen LogP contribution in [-0.2, 0) is 14.8 Å². The van der Waals surface area contributed by atoms with Crippen molar-refractivity contribution in [3.63, 3.8) is 0 Å². The summed E-state index contributed by atoms with van der Waals surface area (Å²) in [5, 5.41) is 5.20. The molecule has 0 heterocycles. The van der Waals surface area contributed by atoms with Crippen LogP contribution in [0.4, 0.5) is 10.5 Å². The summed E-state index contributed by atoms with van der Waals surface area (Å²) in [7, 11) is -4.03. The van der Waals surface area contributed by atoms with Crippen molar-refractivity contribution >= 4 is 85.7 Å². The van der Waals surface area contributed by atoms with Crippen LogP contribution in [-0.4, -0.2) is 36.8 Å². The van der Waals surface area contributed by atoms with Gasteiger partial charge in [-0.15, -0.1) is 0 Å². The van der Waals surface area contributed by atoms with Gasteiger partial charge in [0.1, 0.15) is 0 Å². The van der Waals surface area contributed by atoms with Gasteiger partial charge >= 0.3 is 6.09 Å². The molecule has 1 atom stereocenters. The molecule has 0 aliphatic rings. The van der Waals surface area contributed by atoms with Crippen LogP contribution < -0.4 is 20.1 Å². The summed E-state index contributed by atoms with van der Waals surface area (Å²) in [6.45, 7) is 0.845. The summed E-state index contributed by atoms with van der Waals surface area (Å²) in [5.74, 6) is -0.307. The van der Waals surface area contributed by atoms with Gasteiger partial charge in [-0.3, -0.25) is 4.79 Å². The van der Waals surface area contributed by atoms with E-state index in [1.54, 1.807) is 0 Å². The minimum Gasteiger partial charge on any atom is -0.409 e. The first-order chi connectivity index (χ1) is 14.8. The van der Waals surface area contributed by atoms with E-state index >= 15 is 0 Å². The van der Waals surface area contributed by atoms with Crippen LogP contribution in [0, 0.1) is 0 Å². The molecule has 0 bridgehead atoms.